The van der Waals surface area contributed by atoms with E-state index in [1.54, 1.807) is 13.1 Å². The van der Waals surface area contributed by atoms with Crippen molar-refractivity contribution in [2.24, 2.45) is 0 Å². The Morgan fingerprint density at radius 2 is 1.88 bits per heavy atom. The molecule has 1 aliphatic rings. The second-order valence-corrected chi connectivity index (χ2v) is 6.86. The van der Waals surface area contributed by atoms with Crippen LogP contribution >= 0.6 is 15.9 Å². The number of halogens is 1. The third-order valence-electron chi connectivity index (χ3n) is 4.17. The van der Waals surface area contributed by atoms with Crippen LogP contribution in [0.5, 0.6) is 0 Å². The highest BCUT2D eigenvalue weighted by Crippen LogP contribution is 2.25. The quantitative estimate of drug-likeness (QED) is 0.730. The van der Waals surface area contributed by atoms with Gasteiger partial charge >= 0.3 is 5.97 Å². The van der Waals surface area contributed by atoms with E-state index < -0.39 is 0 Å². The number of rotatable bonds is 4. The molecule has 1 aliphatic heterocycles. The molecule has 0 aliphatic carbocycles. The zero-order valence-corrected chi connectivity index (χ0v) is 16.0. The molecular formula is C18H21BrN4O2. The Morgan fingerprint density at radius 1 is 1.20 bits per heavy atom. The molecule has 0 spiro atoms. The van der Waals surface area contributed by atoms with Gasteiger partial charge in [-0.1, -0.05) is 28.1 Å². The summed E-state index contributed by atoms with van der Waals surface area (Å²) in [6.45, 7) is 5.62. The number of nitrogens with zero attached hydrogens (tertiary/aromatic N) is 4. The zero-order chi connectivity index (χ0) is 17.8. The number of benzene rings is 1. The Hall–Kier alpha value is -1.99. The second-order valence-electron chi connectivity index (χ2n) is 5.95. The Balaban J connectivity index is 1.99. The van der Waals surface area contributed by atoms with Crippen molar-refractivity contribution in [1.82, 2.24) is 14.9 Å². The van der Waals surface area contributed by atoms with E-state index >= 15 is 0 Å². The van der Waals surface area contributed by atoms with Gasteiger partial charge in [-0.05, 0) is 26.1 Å². The molecule has 1 saturated heterocycles. The summed E-state index contributed by atoms with van der Waals surface area (Å²) in [5.74, 6) is 0.882. The van der Waals surface area contributed by atoms with Gasteiger partial charge in [0.05, 0.1) is 6.61 Å². The molecule has 0 atom stereocenters. The average molecular weight is 405 g/mol. The first-order chi connectivity index (χ1) is 12.1. The molecule has 0 bridgehead atoms. The fourth-order valence-electron chi connectivity index (χ4n) is 2.72. The summed E-state index contributed by atoms with van der Waals surface area (Å²) in [5, 5.41) is 0. The highest BCUT2D eigenvalue weighted by atomic mass is 79.9. The van der Waals surface area contributed by atoms with Gasteiger partial charge in [0.2, 0.25) is 0 Å². The largest absolute Gasteiger partial charge is 0.462 e. The number of aromatic nitrogens is 2. The van der Waals surface area contributed by atoms with E-state index in [0.717, 1.165) is 36.2 Å². The number of piperazine rings is 1. The fraction of sp³-hybridized carbons (Fsp3) is 0.389. The molecule has 0 unspecified atom stereocenters. The molecule has 132 valence electrons. The Labute approximate surface area is 156 Å². The van der Waals surface area contributed by atoms with Gasteiger partial charge in [-0.3, -0.25) is 0 Å². The number of hydrogen-bond acceptors (Lipinski definition) is 6. The third kappa shape index (κ3) is 4.16. The zero-order valence-electron chi connectivity index (χ0n) is 14.4. The van der Waals surface area contributed by atoms with Gasteiger partial charge in [-0.25, -0.2) is 14.8 Å². The van der Waals surface area contributed by atoms with E-state index in [2.05, 4.69) is 37.8 Å². The molecule has 2 heterocycles. The number of hydrogen-bond donors (Lipinski definition) is 0. The number of carbonyl (C=O) groups excluding carboxylic acids is 1. The van der Waals surface area contributed by atoms with Crippen molar-refractivity contribution in [3.63, 3.8) is 0 Å². The van der Waals surface area contributed by atoms with E-state index in [4.69, 9.17) is 9.72 Å². The summed E-state index contributed by atoms with van der Waals surface area (Å²) in [6, 6.07) is 7.81. The normalized spacial score (nSPS) is 15.2. The van der Waals surface area contributed by atoms with Crippen molar-refractivity contribution in [2.75, 3.05) is 44.7 Å². The molecule has 0 radical (unpaired) electrons. The Morgan fingerprint density at radius 3 is 2.52 bits per heavy atom. The average Bonchev–Trinajstić information content (AvgIpc) is 2.63. The first-order valence-corrected chi connectivity index (χ1v) is 9.11. The first-order valence-electron chi connectivity index (χ1n) is 8.32. The maximum absolute atomic E-state index is 12.3. The highest BCUT2D eigenvalue weighted by molar-refractivity contribution is 9.10. The topological polar surface area (TPSA) is 58.6 Å². The van der Waals surface area contributed by atoms with Crippen LogP contribution in [0.2, 0.25) is 0 Å². The molecular weight excluding hydrogens is 384 g/mol. The second kappa shape index (κ2) is 7.93. The lowest BCUT2D eigenvalue weighted by molar-refractivity contribution is 0.0526. The summed E-state index contributed by atoms with van der Waals surface area (Å²) >= 11 is 3.43. The molecule has 0 amide bonds. The smallest absolute Gasteiger partial charge is 0.343 e. The van der Waals surface area contributed by atoms with Crippen molar-refractivity contribution < 1.29 is 9.53 Å². The van der Waals surface area contributed by atoms with Gasteiger partial charge in [0, 0.05) is 42.4 Å². The van der Waals surface area contributed by atoms with E-state index in [0.29, 0.717) is 23.8 Å². The van der Waals surface area contributed by atoms with Crippen LogP contribution in [0.25, 0.3) is 11.4 Å². The highest BCUT2D eigenvalue weighted by Gasteiger charge is 2.23. The van der Waals surface area contributed by atoms with Gasteiger partial charge in [-0.15, -0.1) is 0 Å². The molecule has 0 N–H and O–H groups in total. The van der Waals surface area contributed by atoms with E-state index in [1.165, 1.54) is 0 Å². The molecule has 3 rings (SSSR count). The van der Waals surface area contributed by atoms with Crippen LogP contribution in [0, 0.1) is 0 Å². The maximum atomic E-state index is 12.3. The number of ether oxygens (including phenoxy) is 1. The van der Waals surface area contributed by atoms with Gasteiger partial charge < -0.3 is 14.5 Å². The van der Waals surface area contributed by atoms with Crippen LogP contribution in [0.15, 0.2) is 34.9 Å². The van der Waals surface area contributed by atoms with E-state index in [9.17, 15) is 4.79 Å². The van der Waals surface area contributed by atoms with E-state index in [1.807, 2.05) is 24.3 Å². The van der Waals surface area contributed by atoms with Gasteiger partial charge in [0.15, 0.2) is 5.82 Å². The maximum Gasteiger partial charge on any atom is 0.343 e. The minimum atomic E-state index is -0.376. The molecule has 25 heavy (non-hydrogen) atoms. The summed E-state index contributed by atoms with van der Waals surface area (Å²) in [6.07, 6.45) is 1.58. The first kappa shape index (κ1) is 17.8. The summed E-state index contributed by atoms with van der Waals surface area (Å²) < 4.78 is 6.18. The SMILES string of the molecule is CCOC(=O)c1cnc(-c2ccc(Br)cc2)nc1N1CCN(C)CC1. The molecule has 6 nitrogen and oxygen atoms in total. The van der Waals surface area contributed by atoms with Crippen LogP contribution in [0.1, 0.15) is 17.3 Å². The van der Waals surface area contributed by atoms with Crippen molar-refractivity contribution in [2.45, 2.75) is 6.92 Å². The monoisotopic (exact) mass is 404 g/mol. The predicted octanol–water partition coefficient (Wildman–Crippen LogP) is 2.83. The molecule has 7 heteroatoms. The third-order valence-corrected chi connectivity index (χ3v) is 4.70. The van der Waals surface area contributed by atoms with Crippen molar-refractivity contribution in [3.8, 4) is 11.4 Å². The molecule has 1 aromatic carbocycles. The van der Waals surface area contributed by atoms with Crippen LogP contribution in [0.4, 0.5) is 5.82 Å². The van der Waals surface area contributed by atoms with E-state index in [-0.39, 0.29) is 5.97 Å². The minimum absolute atomic E-state index is 0.329. The van der Waals surface area contributed by atoms with Crippen LogP contribution in [-0.2, 0) is 4.74 Å². The fourth-order valence-corrected chi connectivity index (χ4v) is 2.99. The lowest BCUT2D eigenvalue weighted by Gasteiger charge is -2.34. The van der Waals surface area contributed by atoms with Crippen molar-refractivity contribution in [3.05, 3.63) is 40.5 Å². The minimum Gasteiger partial charge on any atom is -0.462 e. The molecule has 0 saturated carbocycles. The standard InChI is InChI=1S/C18H21BrN4O2/c1-3-25-18(24)15-12-20-16(13-4-6-14(19)7-5-13)21-17(15)23-10-8-22(2)9-11-23/h4-7,12H,3,8-11H2,1-2H3. The Kier molecular flexibility index (Phi) is 5.65. The van der Waals surface area contributed by atoms with Crippen LogP contribution in [0.3, 0.4) is 0 Å². The van der Waals surface area contributed by atoms with Gasteiger partial charge in [-0.2, -0.15) is 0 Å². The van der Waals surface area contributed by atoms with Gasteiger partial charge in [0.25, 0.3) is 0 Å². The number of anilines is 1. The summed E-state index contributed by atoms with van der Waals surface area (Å²) in [5.41, 5.74) is 1.33. The summed E-state index contributed by atoms with van der Waals surface area (Å²) in [4.78, 5) is 25.8. The van der Waals surface area contributed by atoms with Gasteiger partial charge in [0.1, 0.15) is 11.4 Å². The number of likely N-dealkylation sites (N-methyl/N-ethyl adjacent to an activating group) is 1. The predicted molar refractivity (Wildman–Crippen MR) is 101 cm³/mol. The molecule has 1 fully saturated rings. The lowest BCUT2D eigenvalue weighted by atomic mass is 10.2. The van der Waals surface area contributed by atoms with Crippen molar-refractivity contribution >= 4 is 27.7 Å². The number of esters is 1. The Bertz CT molecular complexity index is 743. The summed E-state index contributed by atoms with van der Waals surface area (Å²) in [7, 11) is 2.09. The number of carbonyl (C=O) groups is 1. The van der Waals surface area contributed by atoms with Crippen LogP contribution < -0.4 is 4.90 Å². The lowest BCUT2D eigenvalue weighted by Crippen LogP contribution is -2.45. The van der Waals surface area contributed by atoms with Crippen molar-refractivity contribution in [1.29, 1.82) is 0 Å². The van der Waals surface area contributed by atoms with Crippen LogP contribution in [-0.4, -0.2) is 60.7 Å². The molecule has 2 aromatic rings. The molecule has 1 aromatic heterocycles.